The van der Waals surface area contributed by atoms with E-state index in [0.717, 1.165) is 78.0 Å². The molecule has 8 heteroatoms. The number of aromatic nitrogens is 2. The maximum atomic E-state index is 13.0. The standard InChI is InChI=1S/C20H32N6O2/c1-23-11-13-25(14-12-23)19(27)16-3-2-8-26(15-16)17-5-9-24(10-6-17)20(28)18-4-7-21-22-18/h4,7,16-17H,2-3,5-6,8-15H2,1H3,(H,21,22)/t16-/m1/s1. The lowest BCUT2D eigenvalue weighted by Gasteiger charge is -2.43. The van der Waals surface area contributed by atoms with Crippen LogP contribution in [0.2, 0.25) is 0 Å². The van der Waals surface area contributed by atoms with Gasteiger partial charge in [0.25, 0.3) is 5.91 Å². The molecular weight excluding hydrogens is 356 g/mol. The van der Waals surface area contributed by atoms with Gasteiger partial charge < -0.3 is 14.7 Å². The van der Waals surface area contributed by atoms with E-state index in [2.05, 4.69) is 31.9 Å². The normalized spacial score (nSPS) is 25.8. The number of piperazine rings is 1. The Hall–Kier alpha value is -1.93. The fraction of sp³-hybridized carbons (Fsp3) is 0.750. The first-order chi connectivity index (χ1) is 13.6. The molecular formula is C20H32N6O2. The van der Waals surface area contributed by atoms with Crippen molar-refractivity contribution in [1.82, 2.24) is 29.8 Å². The van der Waals surface area contributed by atoms with E-state index < -0.39 is 0 Å². The van der Waals surface area contributed by atoms with E-state index in [9.17, 15) is 9.59 Å². The SMILES string of the molecule is CN1CCN(C(=O)[C@@H]2CCCN(C3CCN(C(=O)c4ccn[nH]4)CC3)C2)CC1. The number of H-pyrrole nitrogens is 1. The van der Waals surface area contributed by atoms with Gasteiger partial charge in [0, 0.05) is 58.1 Å². The molecule has 3 fully saturated rings. The highest BCUT2D eigenvalue weighted by molar-refractivity contribution is 5.92. The number of rotatable bonds is 3. The van der Waals surface area contributed by atoms with E-state index in [1.165, 1.54) is 0 Å². The summed E-state index contributed by atoms with van der Waals surface area (Å²) in [5.41, 5.74) is 0.564. The van der Waals surface area contributed by atoms with Crippen molar-refractivity contribution >= 4 is 11.8 Å². The molecule has 4 rings (SSSR count). The van der Waals surface area contributed by atoms with Crippen molar-refractivity contribution in [2.24, 2.45) is 5.92 Å². The van der Waals surface area contributed by atoms with Gasteiger partial charge in [-0.15, -0.1) is 0 Å². The second-order valence-electron chi connectivity index (χ2n) is 8.46. The van der Waals surface area contributed by atoms with Gasteiger partial charge in [0.05, 0.1) is 5.92 Å². The number of likely N-dealkylation sites (tertiary alicyclic amines) is 2. The van der Waals surface area contributed by atoms with Crippen LogP contribution in [0.3, 0.4) is 0 Å². The predicted octanol–water partition coefficient (Wildman–Crippen LogP) is 0.500. The predicted molar refractivity (Wildman–Crippen MR) is 106 cm³/mol. The summed E-state index contributed by atoms with van der Waals surface area (Å²) in [4.78, 5) is 34.2. The summed E-state index contributed by atoms with van der Waals surface area (Å²) in [5, 5.41) is 6.64. The molecule has 0 aromatic carbocycles. The lowest BCUT2D eigenvalue weighted by Crippen LogP contribution is -2.54. The van der Waals surface area contributed by atoms with Gasteiger partial charge in [-0.05, 0) is 45.3 Å². The van der Waals surface area contributed by atoms with E-state index in [4.69, 9.17) is 0 Å². The molecule has 28 heavy (non-hydrogen) atoms. The van der Waals surface area contributed by atoms with Crippen molar-refractivity contribution in [3.8, 4) is 0 Å². The van der Waals surface area contributed by atoms with Crippen molar-refractivity contribution in [3.63, 3.8) is 0 Å². The van der Waals surface area contributed by atoms with Crippen molar-refractivity contribution in [1.29, 1.82) is 0 Å². The topological polar surface area (TPSA) is 75.8 Å². The molecule has 154 valence electrons. The molecule has 4 heterocycles. The van der Waals surface area contributed by atoms with Gasteiger partial charge in [0.2, 0.25) is 5.91 Å². The van der Waals surface area contributed by atoms with Crippen molar-refractivity contribution in [2.45, 2.75) is 31.7 Å². The minimum atomic E-state index is 0.0396. The molecule has 2 amide bonds. The number of carbonyl (C=O) groups is 2. The number of amides is 2. The van der Waals surface area contributed by atoms with Gasteiger partial charge in [-0.3, -0.25) is 19.6 Å². The second kappa shape index (κ2) is 8.61. The molecule has 0 unspecified atom stereocenters. The number of hydrogen-bond acceptors (Lipinski definition) is 5. The van der Waals surface area contributed by atoms with Crippen LogP contribution in [0.25, 0.3) is 0 Å². The zero-order valence-corrected chi connectivity index (χ0v) is 16.8. The van der Waals surface area contributed by atoms with Gasteiger partial charge in [0.15, 0.2) is 0 Å². The number of likely N-dealkylation sites (N-methyl/N-ethyl adjacent to an activating group) is 1. The zero-order valence-electron chi connectivity index (χ0n) is 16.8. The third-order valence-corrected chi connectivity index (χ3v) is 6.62. The maximum absolute atomic E-state index is 13.0. The highest BCUT2D eigenvalue weighted by atomic mass is 16.2. The molecule has 3 aliphatic heterocycles. The second-order valence-corrected chi connectivity index (χ2v) is 8.46. The lowest BCUT2D eigenvalue weighted by atomic mass is 9.92. The largest absolute Gasteiger partial charge is 0.340 e. The van der Waals surface area contributed by atoms with Gasteiger partial charge >= 0.3 is 0 Å². The Morgan fingerprint density at radius 2 is 1.75 bits per heavy atom. The highest BCUT2D eigenvalue weighted by Crippen LogP contribution is 2.26. The van der Waals surface area contributed by atoms with Crippen molar-refractivity contribution in [3.05, 3.63) is 18.0 Å². The molecule has 0 aliphatic carbocycles. The Morgan fingerprint density at radius 3 is 2.43 bits per heavy atom. The fourth-order valence-corrected chi connectivity index (χ4v) is 4.80. The third kappa shape index (κ3) is 4.22. The van der Waals surface area contributed by atoms with Crippen LogP contribution in [0.5, 0.6) is 0 Å². The van der Waals surface area contributed by atoms with E-state index >= 15 is 0 Å². The van der Waals surface area contributed by atoms with Gasteiger partial charge in [-0.2, -0.15) is 5.10 Å². The zero-order chi connectivity index (χ0) is 19.5. The monoisotopic (exact) mass is 388 g/mol. The highest BCUT2D eigenvalue weighted by Gasteiger charge is 2.34. The van der Waals surface area contributed by atoms with Crippen LogP contribution in [0.4, 0.5) is 0 Å². The van der Waals surface area contributed by atoms with Crippen molar-refractivity contribution < 1.29 is 9.59 Å². The van der Waals surface area contributed by atoms with E-state index in [-0.39, 0.29) is 11.8 Å². The summed E-state index contributed by atoms with van der Waals surface area (Å²) < 4.78 is 0. The van der Waals surface area contributed by atoms with Crippen LogP contribution in [0, 0.1) is 5.92 Å². The first-order valence-corrected chi connectivity index (χ1v) is 10.6. The third-order valence-electron chi connectivity index (χ3n) is 6.62. The van der Waals surface area contributed by atoms with Crippen LogP contribution in [0.1, 0.15) is 36.2 Å². The van der Waals surface area contributed by atoms with Gasteiger partial charge in [-0.1, -0.05) is 0 Å². The summed E-state index contributed by atoms with van der Waals surface area (Å²) >= 11 is 0. The van der Waals surface area contributed by atoms with Crippen LogP contribution in [-0.4, -0.2) is 107 Å². The number of piperidine rings is 2. The molecule has 3 aliphatic rings. The van der Waals surface area contributed by atoms with Crippen LogP contribution < -0.4 is 0 Å². The molecule has 0 radical (unpaired) electrons. The smallest absolute Gasteiger partial charge is 0.271 e. The van der Waals surface area contributed by atoms with Crippen LogP contribution in [0.15, 0.2) is 12.3 Å². The molecule has 3 saturated heterocycles. The summed E-state index contributed by atoms with van der Waals surface area (Å²) in [5.74, 6) is 0.532. The first kappa shape index (κ1) is 19.4. The molecule has 1 aromatic rings. The Labute approximate surface area is 166 Å². The van der Waals surface area contributed by atoms with Gasteiger partial charge in [0.1, 0.15) is 5.69 Å². The number of hydrogen-bond donors (Lipinski definition) is 1. The number of carbonyl (C=O) groups excluding carboxylic acids is 2. The first-order valence-electron chi connectivity index (χ1n) is 10.6. The van der Waals surface area contributed by atoms with Crippen molar-refractivity contribution in [2.75, 3.05) is 59.4 Å². The van der Waals surface area contributed by atoms with E-state index in [1.807, 2.05) is 4.90 Å². The molecule has 1 atom stereocenters. The Balaban J connectivity index is 1.28. The minimum Gasteiger partial charge on any atom is -0.340 e. The molecule has 0 bridgehead atoms. The quantitative estimate of drug-likeness (QED) is 0.816. The summed E-state index contributed by atoms with van der Waals surface area (Å²) in [6.45, 7) is 7.18. The van der Waals surface area contributed by atoms with Gasteiger partial charge in [-0.25, -0.2) is 0 Å². The average Bonchev–Trinajstić information content (AvgIpc) is 3.28. The molecule has 0 spiro atoms. The minimum absolute atomic E-state index is 0.0396. The lowest BCUT2D eigenvalue weighted by molar-refractivity contribution is -0.139. The number of aromatic amines is 1. The maximum Gasteiger partial charge on any atom is 0.271 e. The van der Waals surface area contributed by atoms with E-state index in [0.29, 0.717) is 17.6 Å². The summed E-state index contributed by atoms with van der Waals surface area (Å²) in [6.07, 6.45) is 5.69. The molecule has 0 saturated carbocycles. The molecule has 1 N–H and O–H groups in total. The number of nitrogens with zero attached hydrogens (tertiary/aromatic N) is 5. The Morgan fingerprint density at radius 1 is 1.00 bits per heavy atom. The number of nitrogens with one attached hydrogen (secondary N) is 1. The fourth-order valence-electron chi connectivity index (χ4n) is 4.80. The van der Waals surface area contributed by atoms with E-state index in [1.54, 1.807) is 12.3 Å². The molecule has 8 nitrogen and oxygen atoms in total. The van der Waals surface area contributed by atoms with Crippen LogP contribution >= 0.6 is 0 Å². The summed E-state index contributed by atoms with van der Waals surface area (Å²) in [7, 11) is 2.12. The summed E-state index contributed by atoms with van der Waals surface area (Å²) in [6, 6.07) is 2.21. The van der Waals surface area contributed by atoms with Crippen LogP contribution in [-0.2, 0) is 4.79 Å². The average molecular weight is 389 g/mol. The molecule has 1 aromatic heterocycles. The Bertz CT molecular complexity index is 662. The Kier molecular flexibility index (Phi) is 5.96.